The van der Waals surface area contributed by atoms with Crippen molar-refractivity contribution in [2.45, 2.75) is 56.9 Å². The Morgan fingerprint density at radius 1 is 1.10 bits per heavy atom. The minimum atomic E-state index is -0.223. The van der Waals surface area contributed by atoms with Gasteiger partial charge < -0.3 is 10.3 Å². The summed E-state index contributed by atoms with van der Waals surface area (Å²) in [4.78, 5) is 4.57. The van der Waals surface area contributed by atoms with Crippen LogP contribution in [0.3, 0.4) is 0 Å². The smallest absolute Gasteiger partial charge is 0.243 e. The molecular formula is C17H23N3O. The van der Waals surface area contributed by atoms with E-state index in [0.717, 1.165) is 12.2 Å². The summed E-state index contributed by atoms with van der Waals surface area (Å²) in [7, 11) is 0. The van der Waals surface area contributed by atoms with Crippen molar-refractivity contribution in [1.29, 1.82) is 0 Å². The molecule has 1 fully saturated rings. The fourth-order valence-corrected chi connectivity index (χ4v) is 3.06. The van der Waals surface area contributed by atoms with Gasteiger partial charge in [0, 0.05) is 5.92 Å². The number of hydrogen-bond donors (Lipinski definition) is 1. The highest BCUT2D eigenvalue weighted by Gasteiger charge is 2.22. The molecule has 0 spiro atoms. The quantitative estimate of drug-likeness (QED) is 0.869. The lowest BCUT2D eigenvalue weighted by molar-refractivity contribution is 0.346. The van der Waals surface area contributed by atoms with Crippen LogP contribution >= 0.6 is 0 Å². The minimum Gasteiger partial charge on any atom is -0.338 e. The summed E-state index contributed by atoms with van der Waals surface area (Å²) in [5.41, 5.74) is 7.40. The summed E-state index contributed by atoms with van der Waals surface area (Å²) in [6.45, 7) is 0. The molecule has 0 radical (unpaired) electrons. The van der Waals surface area contributed by atoms with Crippen molar-refractivity contribution in [2.24, 2.45) is 5.73 Å². The molecule has 1 aromatic carbocycles. The van der Waals surface area contributed by atoms with Crippen molar-refractivity contribution in [2.75, 3.05) is 0 Å². The second-order valence-electron chi connectivity index (χ2n) is 5.98. The first-order valence-corrected chi connectivity index (χ1v) is 7.96. The van der Waals surface area contributed by atoms with Crippen molar-refractivity contribution < 1.29 is 4.52 Å². The highest BCUT2D eigenvalue weighted by Crippen LogP contribution is 2.30. The summed E-state index contributed by atoms with van der Waals surface area (Å²) in [6.07, 6.45) is 8.27. The van der Waals surface area contributed by atoms with Gasteiger partial charge in [-0.2, -0.15) is 4.98 Å². The number of aromatic nitrogens is 2. The third-order valence-corrected chi connectivity index (χ3v) is 4.29. The zero-order chi connectivity index (χ0) is 14.5. The maximum atomic E-state index is 6.20. The Hall–Kier alpha value is -1.68. The van der Waals surface area contributed by atoms with Crippen LogP contribution in [0.2, 0.25) is 0 Å². The fourth-order valence-electron chi connectivity index (χ4n) is 3.06. The van der Waals surface area contributed by atoms with Crippen molar-refractivity contribution in [3.63, 3.8) is 0 Å². The summed E-state index contributed by atoms with van der Waals surface area (Å²) in [5.74, 6) is 1.88. The SMILES string of the molecule is N[C@@H](Cc1ccccc1)c1nc(C2CCCCCC2)no1. The highest BCUT2D eigenvalue weighted by molar-refractivity contribution is 5.16. The van der Waals surface area contributed by atoms with E-state index in [0.29, 0.717) is 11.8 Å². The van der Waals surface area contributed by atoms with E-state index < -0.39 is 0 Å². The van der Waals surface area contributed by atoms with Gasteiger partial charge in [-0.1, -0.05) is 61.2 Å². The largest absolute Gasteiger partial charge is 0.338 e. The molecule has 1 aromatic heterocycles. The van der Waals surface area contributed by atoms with Gasteiger partial charge in [-0.05, 0) is 24.8 Å². The zero-order valence-corrected chi connectivity index (χ0v) is 12.4. The van der Waals surface area contributed by atoms with Gasteiger partial charge >= 0.3 is 0 Å². The molecule has 112 valence electrons. The van der Waals surface area contributed by atoms with E-state index in [1.807, 2.05) is 18.2 Å². The molecule has 0 bridgehead atoms. The first kappa shape index (κ1) is 14.3. The molecule has 1 atom stereocenters. The van der Waals surface area contributed by atoms with Crippen LogP contribution in [0.15, 0.2) is 34.9 Å². The van der Waals surface area contributed by atoms with E-state index in [2.05, 4.69) is 22.3 Å². The monoisotopic (exact) mass is 285 g/mol. The number of benzene rings is 1. The normalized spacial score (nSPS) is 18.3. The van der Waals surface area contributed by atoms with E-state index >= 15 is 0 Å². The zero-order valence-electron chi connectivity index (χ0n) is 12.4. The van der Waals surface area contributed by atoms with E-state index in [4.69, 9.17) is 10.3 Å². The van der Waals surface area contributed by atoms with Crippen LogP contribution in [0.25, 0.3) is 0 Å². The van der Waals surface area contributed by atoms with Crippen LogP contribution in [-0.4, -0.2) is 10.1 Å². The molecule has 4 heteroatoms. The van der Waals surface area contributed by atoms with Crippen LogP contribution in [0.4, 0.5) is 0 Å². The molecule has 0 aliphatic heterocycles. The van der Waals surface area contributed by atoms with Crippen LogP contribution in [0.1, 0.15) is 67.8 Å². The van der Waals surface area contributed by atoms with Crippen LogP contribution in [-0.2, 0) is 6.42 Å². The average molecular weight is 285 g/mol. The van der Waals surface area contributed by atoms with Crippen LogP contribution in [0.5, 0.6) is 0 Å². The van der Waals surface area contributed by atoms with Gasteiger partial charge in [0.15, 0.2) is 5.82 Å². The predicted molar refractivity (Wildman–Crippen MR) is 81.8 cm³/mol. The molecule has 1 aliphatic rings. The number of nitrogens with two attached hydrogens (primary N) is 1. The molecule has 0 amide bonds. The van der Waals surface area contributed by atoms with Gasteiger partial charge in [0.25, 0.3) is 0 Å². The third kappa shape index (κ3) is 3.70. The van der Waals surface area contributed by atoms with E-state index in [-0.39, 0.29) is 6.04 Å². The Bertz CT molecular complexity index is 544. The summed E-state index contributed by atoms with van der Waals surface area (Å²) in [6, 6.07) is 9.97. The standard InChI is InChI=1S/C17H23N3O/c18-15(12-13-8-4-3-5-9-13)17-19-16(20-21-17)14-10-6-1-2-7-11-14/h3-5,8-9,14-15H,1-2,6-7,10-12,18H2/t15-/m0/s1. The van der Waals surface area contributed by atoms with Gasteiger partial charge in [0.05, 0.1) is 6.04 Å². The number of hydrogen-bond acceptors (Lipinski definition) is 4. The molecule has 1 heterocycles. The summed E-state index contributed by atoms with van der Waals surface area (Å²) in [5, 5.41) is 4.18. The van der Waals surface area contributed by atoms with Crippen molar-refractivity contribution >= 4 is 0 Å². The Kier molecular flexibility index (Phi) is 4.65. The molecular weight excluding hydrogens is 262 g/mol. The predicted octanol–water partition coefficient (Wildman–Crippen LogP) is 3.75. The lowest BCUT2D eigenvalue weighted by Gasteiger charge is -2.08. The Morgan fingerprint density at radius 3 is 2.52 bits per heavy atom. The Labute approximate surface area is 125 Å². The second kappa shape index (κ2) is 6.85. The lowest BCUT2D eigenvalue weighted by Crippen LogP contribution is -2.14. The fraction of sp³-hybridized carbons (Fsp3) is 0.529. The molecule has 2 N–H and O–H groups in total. The minimum absolute atomic E-state index is 0.223. The second-order valence-corrected chi connectivity index (χ2v) is 5.98. The van der Waals surface area contributed by atoms with Gasteiger partial charge in [0.1, 0.15) is 0 Å². The van der Waals surface area contributed by atoms with Crippen molar-refractivity contribution in [3.05, 3.63) is 47.6 Å². The molecule has 3 rings (SSSR count). The van der Waals surface area contributed by atoms with Gasteiger partial charge in [0.2, 0.25) is 5.89 Å². The highest BCUT2D eigenvalue weighted by atomic mass is 16.5. The van der Waals surface area contributed by atoms with Gasteiger partial charge in [-0.3, -0.25) is 0 Å². The number of rotatable bonds is 4. The first-order chi connectivity index (χ1) is 10.3. The molecule has 0 saturated heterocycles. The molecule has 1 saturated carbocycles. The summed E-state index contributed by atoms with van der Waals surface area (Å²) >= 11 is 0. The topological polar surface area (TPSA) is 64.9 Å². The molecule has 2 aromatic rings. The Balaban J connectivity index is 1.66. The van der Waals surface area contributed by atoms with Crippen LogP contribution < -0.4 is 5.73 Å². The van der Waals surface area contributed by atoms with Crippen molar-refractivity contribution in [3.8, 4) is 0 Å². The van der Waals surface area contributed by atoms with E-state index in [1.54, 1.807) is 0 Å². The van der Waals surface area contributed by atoms with Gasteiger partial charge in [-0.15, -0.1) is 0 Å². The lowest BCUT2D eigenvalue weighted by atomic mass is 10.00. The number of nitrogens with zero attached hydrogens (tertiary/aromatic N) is 2. The Morgan fingerprint density at radius 2 is 1.81 bits per heavy atom. The average Bonchev–Trinajstić information content (AvgIpc) is 2.85. The first-order valence-electron chi connectivity index (χ1n) is 7.96. The summed E-state index contributed by atoms with van der Waals surface area (Å²) < 4.78 is 5.41. The molecule has 21 heavy (non-hydrogen) atoms. The van der Waals surface area contributed by atoms with E-state index in [9.17, 15) is 0 Å². The maximum absolute atomic E-state index is 6.20. The van der Waals surface area contributed by atoms with Crippen molar-refractivity contribution in [1.82, 2.24) is 10.1 Å². The molecule has 0 unspecified atom stereocenters. The van der Waals surface area contributed by atoms with E-state index in [1.165, 1.54) is 44.1 Å². The maximum Gasteiger partial charge on any atom is 0.243 e. The molecule has 1 aliphatic carbocycles. The molecule has 4 nitrogen and oxygen atoms in total. The van der Waals surface area contributed by atoms with Crippen LogP contribution in [0, 0.1) is 0 Å². The third-order valence-electron chi connectivity index (χ3n) is 4.29. The van der Waals surface area contributed by atoms with Gasteiger partial charge in [-0.25, -0.2) is 0 Å².